The fourth-order valence-electron chi connectivity index (χ4n) is 1.10. The fraction of sp³-hybridized carbons (Fsp3) is 0.357. The molecule has 1 atom stereocenters. The lowest BCUT2D eigenvalue weighted by molar-refractivity contribution is 0.941. The molecule has 0 fully saturated rings. The van der Waals surface area contributed by atoms with Crippen LogP contribution in [0, 0.1) is 5.92 Å². The van der Waals surface area contributed by atoms with E-state index in [-0.39, 0.29) is 0 Å². The predicted molar refractivity (Wildman–Crippen MR) is 70.2 cm³/mol. The van der Waals surface area contributed by atoms with Crippen molar-refractivity contribution in [1.29, 1.82) is 0 Å². The molecule has 0 bridgehead atoms. The minimum atomic E-state index is 0.492. The molecule has 0 aromatic carbocycles. The summed E-state index contributed by atoms with van der Waals surface area (Å²) in [5.41, 5.74) is 2.21. The van der Waals surface area contributed by atoms with E-state index in [0.29, 0.717) is 5.92 Å². The molecule has 0 spiro atoms. The van der Waals surface area contributed by atoms with Gasteiger partial charge < -0.3 is 0 Å². The summed E-state index contributed by atoms with van der Waals surface area (Å²) in [4.78, 5) is 4.28. The van der Waals surface area contributed by atoms with Crippen LogP contribution in [-0.2, 0) is 0 Å². The quantitative estimate of drug-likeness (QED) is 0.593. The van der Waals surface area contributed by atoms with E-state index in [1.54, 1.807) is 12.3 Å². The summed E-state index contributed by atoms with van der Waals surface area (Å²) >= 11 is 0. The summed E-state index contributed by atoms with van der Waals surface area (Å²) in [6.07, 6.45) is 11.9. The molecule has 1 aliphatic carbocycles. The van der Waals surface area contributed by atoms with Gasteiger partial charge in [-0.2, -0.15) is 0 Å². The molecule has 0 amide bonds. The Bertz CT molecular complexity index is 303. The largest absolute Gasteiger partial charge is 0.257 e. The average molecular weight is 203 g/mol. The summed E-state index contributed by atoms with van der Waals surface area (Å²) in [7, 11) is 0. The van der Waals surface area contributed by atoms with Crippen molar-refractivity contribution in [1.82, 2.24) is 0 Å². The highest BCUT2D eigenvalue weighted by atomic mass is 14.7. The summed E-state index contributed by atoms with van der Waals surface area (Å²) in [6.45, 7) is 11.8. The molecule has 1 heteroatoms. The number of nitrogens with zero attached hydrogens (tertiary/aromatic N) is 1. The van der Waals surface area contributed by atoms with E-state index in [0.717, 1.165) is 5.70 Å². The molecular weight excluding hydrogens is 182 g/mol. The minimum absolute atomic E-state index is 0.492. The van der Waals surface area contributed by atoms with Crippen molar-refractivity contribution in [3.05, 3.63) is 48.2 Å². The minimum Gasteiger partial charge on any atom is -0.257 e. The highest BCUT2D eigenvalue weighted by molar-refractivity contribution is 5.72. The van der Waals surface area contributed by atoms with Gasteiger partial charge in [-0.25, -0.2) is 0 Å². The van der Waals surface area contributed by atoms with Gasteiger partial charge in [-0.05, 0) is 24.5 Å². The third-order valence-corrected chi connectivity index (χ3v) is 1.93. The second-order valence-electron chi connectivity index (χ2n) is 3.16. The third kappa shape index (κ3) is 5.16. The van der Waals surface area contributed by atoms with Crippen molar-refractivity contribution in [2.45, 2.75) is 27.7 Å². The number of rotatable bonds is 2. The Morgan fingerprint density at radius 2 is 1.87 bits per heavy atom. The number of aliphatic imine (C=N–C) groups is 1. The second kappa shape index (κ2) is 7.98. The number of hydrogen-bond acceptors (Lipinski definition) is 1. The lowest BCUT2D eigenvalue weighted by Gasteiger charge is -1.95. The van der Waals surface area contributed by atoms with Crippen molar-refractivity contribution in [2.24, 2.45) is 10.9 Å². The first-order valence-corrected chi connectivity index (χ1v) is 5.46. The smallest absolute Gasteiger partial charge is 0.0655 e. The van der Waals surface area contributed by atoms with E-state index < -0.39 is 0 Å². The maximum atomic E-state index is 4.28. The fourth-order valence-corrected chi connectivity index (χ4v) is 1.10. The van der Waals surface area contributed by atoms with Crippen molar-refractivity contribution in [3.8, 4) is 0 Å². The summed E-state index contributed by atoms with van der Waals surface area (Å²) < 4.78 is 0. The van der Waals surface area contributed by atoms with Gasteiger partial charge in [-0.15, -0.1) is 0 Å². The highest BCUT2D eigenvalue weighted by Gasteiger charge is 1.99. The predicted octanol–water partition coefficient (Wildman–Crippen LogP) is 4.31. The zero-order valence-corrected chi connectivity index (χ0v) is 10.2. The van der Waals surface area contributed by atoms with Crippen LogP contribution in [0.4, 0.5) is 0 Å². The Kier molecular flexibility index (Phi) is 7.25. The van der Waals surface area contributed by atoms with E-state index in [4.69, 9.17) is 0 Å². The summed E-state index contributed by atoms with van der Waals surface area (Å²) in [5.74, 6) is 0.492. The number of allylic oxidation sites excluding steroid dienone is 6. The van der Waals surface area contributed by atoms with Crippen molar-refractivity contribution < 1.29 is 0 Å². The van der Waals surface area contributed by atoms with Gasteiger partial charge in [-0.3, -0.25) is 4.99 Å². The van der Waals surface area contributed by atoms with Crippen LogP contribution >= 0.6 is 0 Å². The normalized spacial score (nSPS) is 19.9. The Labute approximate surface area is 93.6 Å². The SMILES string of the molecule is C=CC=NC1=C(C)C=CC(C)C=C1.CC. The molecule has 1 rings (SSSR count). The van der Waals surface area contributed by atoms with Crippen LogP contribution < -0.4 is 0 Å². The molecule has 0 saturated heterocycles. The lowest BCUT2D eigenvalue weighted by Crippen LogP contribution is -1.79. The van der Waals surface area contributed by atoms with Crippen LogP contribution in [-0.4, -0.2) is 6.21 Å². The molecule has 82 valence electrons. The van der Waals surface area contributed by atoms with E-state index >= 15 is 0 Å². The first kappa shape index (κ1) is 13.6. The van der Waals surface area contributed by atoms with Gasteiger partial charge in [0.2, 0.25) is 0 Å². The summed E-state index contributed by atoms with van der Waals surface area (Å²) in [6, 6.07) is 0. The maximum absolute atomic E-state index is 4.28. The standard InChI is InChI=1S/C12H15N.C2H6/c1-4-9-13-12-8-6-10(2)5-7-11(12)3;1-2/h4-10H,1H2,2-3H3;1-2H3. The average Bonchev–Trinajstić information content (AvgIpc) is 2.43. The van der Waals surface area contributed by atoms with Crippen LogP contribution in [0.2, 0.25) is 0 Å². The molecule has 0 radical (unpaired) electrons. The molecule has 0 saturated carbocycles. The Morgan fingerprint density at radius 1 is 1.27 bits per heavy atom. The Hall–Kier alpha value is -1.37. The second-order valence-corrected chi connectivity index (χ2v) is 3.16. The Balaban J connectivity index is 0.000000921. The van der Waals surface area contributed by atoms with Crippen molar-refractivity contribution in [2.75, 3.05) is 0 Å². The molecule has 0 heterocycles. The van der Waals surface area contributed by atoms with Crippen LogP contribution in [0.3, 0.4) is 0 Å². The van der Waals surface area contributed by atoms with Crippen LogP contribution in [0.25, 0.3) is 0 Å². The van der Waals surface area contributed by atoms with Gasteiger partial charge in [-0.1, -0.05) is 51.7 Å². The molecule has 0 aliphatic heterocycles. The van der Waals surface area contributed by atoms with Gasteiger partial charge in [0.15, 0.2) is 0 Å². The zero-order valence-electron chi connectivity index (χ0n) is 10.2. The first-order chi connectivity index (χ1) is 7.24. The van der Waals surface area contributed by atoms with Gasteiger partial charge in [0, 0.05) is 6.21 Å². The monoisotopic (exact) mass is 203 g/mol. The Morgan fingerprint density at radius 3 is 2.47 bits per heavy atom. The molecule has 15 heavy (non-hydrogen) atoms. The molecule has 0 N–H and O–H groups in total. The molecule has 1 nitrogen and oxygen atoms in total. The molecule has 0 aromatic heterocycles. The highest BCUT2D eigenvalue weighted by Crippen LogP contribution is 2.16. The first-order valence-electron chi connectivity index (χ1n) is 5.46. The molecule has 0 aromatic rings. The van der Waals surface area contributed by atoms with E-state index in [1.807, 2.05) is 13.8 Å². The van der Waals surface area contributed by atoms with Gasteiger partial charge >= 0.3 is 0 Å². The topological polar surface area (TPSA) is 12.4 Å². The zero-order chi connectivity index (χ0) is 11.7. The van der Waals surface area contributed by atoms with Crippen molar-refractivity contribution in [3.63, 3.8) is 0 Å². The van der Waals surface area contributed by atoms with Gasteiger partial charge in [0.05, 0.1) is 5.70 Å². The lowest BCUT2D eigenvalue weighted by atomic mass is 10.1. The van der Waals surface area contributed by atoms with Gasteiger partial charge in [0.25, 0.3) is 0 Å². The van der Waals surface area contributed by atoms with E-state index in [1.165, 1.54) is 5.57 Å². The molecule has 1 unspecified atom stereocenters. The summed E-state index contributed by atoms with van der Waals surface area (Å²) in [5, 5.41) is 0. The molecule has 1 aliphatic rings. The van der Waals surface area contributed by atoms with Crippen molar-refractivity contribution >= 4 is 6.21 Å². The van der Waals surface area contributed by atoms with E-state index in [2.05, 4.69) is 49.7 Å². The third-order valence-electron chi connectivity index (χ3n) is 1.93. The van der Waals surface area contributed by atoms with Gasteiger partial charge in [0.1, 0.15) is 0 Å². The van der Waals surface area contributed by atoms with Crippen LogP contribution in [0.15, 0.2) is 53.2 Å². The van der Waals surface area contributed by atoms with Crippen LogP contribution in [0.1, 0.15) is 27.7 Å². The number of hydrogen-bond donors (Lipinski definition) is 0. The van der Waals surface area contributed by atoms with Crippen LogP contribution in [0.5, 0.6) is 0 Å². The maximum Gasteiger partial charge on any atom is 0.0655 e. The van der Waals surface area contributed by atoms with E-state index in [9.17, 15) is 0 Å². The molecular formula is C14H21N.